The van der Waals surface area contributed by atoms with Gasteiger partial charge in [-0.2, -0.15) is 0 Å². The molecule has 0 aliphatic carbocycles. The predicted octanol–water partition coefficient (Wildman–Crippen LogP) is 2.51. The Labute approximate surface area is 161 Å². The summed E-state index contributed by atoms with van der Waals surface area (Å²) in [5.41, 5.74) is 3.07. The molecule has 1 amide bonds. The summed E-state index contributed by atoms with van der Waals surface area (Å²) in [5, 5.41) is 0. The number of oxazole rings is 1. The Hall–Kier alpha value is -3.35. The highest BCUT2D eigenvalue weighted by Crippen LogP contribution is 2.28. The van der Waals surface area contributed by atoms with Crippen LogP contribution in [0, 0.1) is 0 Å². The van der Waals surface area contributed by atoms with Crippen molar-refractivity contribution in [3.63, 3.8) is 0 Å². The molecule has 2 aromatic carbocycles. The van der Waals surface area contributed by atoms with Gasteiger partial charge in [0.05, 0.1) is 11.9 Å². The zero-order valence-corrected chi connectivity index (χ0v) is 15.5. The van der Waals surface area contributed by atoms with Crippen molar-refractivity contribution >= 4 is 28.7 Å². The second-order valence-electron chi connectivity index (χ2n) is 6.74. The van der Waals surface area contributed by atoms with E-state index < -0.39 is 17.8 Å². The minimum atomic E-state index is -0.892. The molecule has 0 radical (unpaired) electrons. The number of aryl methyl sites for hydroxylation is 1. The van der Waals surface area contributed by atoms with Crippen LogP contribution < -0.4 is 10.7 Å². The van der Waals surface area contributed by atoms with Crippen molar-refractivity contribution in [2.24, 2.45) is 0 Å². The summed E-state index contributed by atoms with van der Waals surface area (Å²) in [6, 6.07) is 14.7. The summed E-state index contributed by atoms with van der Waals surface area (Å²) in [6.07, 6.45) is -0.132. The first kappa shape index (κ1) is 18.0. The topological polar surface area (TPSA) is 81.7 Å². The molecule has 0 N–H and O–H groups in total. The predicted molar refractivity (Wildman–Crippen MR) is 103 cm³/mol. The molecular weight excluding hydrogens is 360 g/mol. The Morgan fingerprint density at radius 2 is 1.89 bits per heavy atom. The average Bonchev–Trinajstić information content (AvgIpc) is 3.26. The second-order valence-corrected chi connectivity index (χ2v) is 6.74. The van der Waals surface area contributed by atoms with Crippen LogP contribution in [0.3, 0.4) is 0 Å². The molecular formula is C21H20N2O5. The highest BCUT2D eigenvalue weighted by atomic mass is 16.5. The smallest absolute Gasteiger partial charge is 0.419 e. The van der Waals surface area contributed by atoms with Crippen LogP contribution in [0.2, 0.25) is 0 Å². The first-order valence-electron chi connectivity index (χ1n) is 9.22. The Bertz CT molecular complexity index is 1100. The average molecular weight is 380 g/mol. The molecule has 4 rings (SSSR count). The monoisotopic (exact) mass is 380 g/mol. The van der Waals surface area contributed by atoms with Gasteiger partial charge in [0.2, 0.25) is 0 Å². The molecule has 0 spiro atoms. The number of aromatic nitrogens is 1. The number of fused-ring (bicyclic) bond motifs is 2. The number of hydrogen-bond acceptors (Lipinski definition) is 5. The van der Waals surface area contributed by atoms with E-state index in [0.717, 1.165) is 17.7 Å². The van der Waals surface area contributed by atoms with Gasteiger partial charge >= 0.3 is 11.7 Å². The number of nitrogens with zero attached hydrogens (tertiary/aromatic N) is 2. The summed E-state index contributed by atoms with van der Waals surface area (Å²) >= 11 is 0. The van der Waals surface area contributed by atoms with Crippen LogP contribution in [0.15, 0.2) is 57.7 Å². The standard InChI is InChI=1S/C21H20N2O5/c1-14(20(25)22-12-10-15-6-2-3-7-16(15)22)27-19(24)11-13-23-17-8-4-5-9-18(17)28-21(23)26/h2-9,14H,10-13H2,1H3/t14-/m0/s1. The number of benzene rings is 2. The number of anilines is 1. The van der Waals surface area contributed by atoms with Gasteiger partial charge in [-0.15, -0.1) is 0 Å². The molecule has 1 aliphatic rings. The summed E-state index contributed by atoms with van der Waals surface area (Å²) < 4.78 is 11.8. The van der Waals surface area contributed by atoms with E-state index in [0.29, 0.717) is 17.6 Å². The summed E-state index contributed by atoms with van der Waals surface area (Å²) in [7, 11) is 0. The fourth-order valence-electron chi connectivity index (χ4n) is 3.52. The number of para-hydroxylation sites is 3. The lowest BCUT2D eigenvalue weighted by Gasteiger charge is -2.21. The zero-order valence-electron chi connectivity index (χ0n) is 15.5. The van der Waals surface area contributed by atoms with Crippen LogP contribution >= 0.6 is 0 Å². The molecule has 1 aromatic heterocycles. The lowest BCUT2D eigenvalue weighted by molar-refractivity contribution is -0.154. The van der Waals surface area contributed by atoms with Crippen LogP contribution in [0.4, 0.5) is 5.69 Å². The fraction of sp³-hybridized carbons (Fsp3) is 0.286. The lowest BCUT2D eigenvalue weighted by Crippen LogP contribution is -2.39. The van der Waals surface area contributed by atoms with Crippen molar-refractivity contribution < 1.29 is 18.7 Å². The van der Waals surface area contributed by atoms with Crippen molar-refractivity contribution in [2.75, 3.05) is 11.4 Å². The van der Waals surface area contributed by atoms with E-state index >= 15 is 0 Å². The number of carbonyl (C=O) groups excluding carboxylic acids is 2. The molecule has 7 heteroatoms. The van der Waals surface area contributed by atoms with Crippen molar-refractivity contribution in [1.29, 1.82) is 0 Å². The first-order chi connectivity index (χ1) is 13.5. The van der Waals surface area contributed by atoms with Gasteiger partial charge in [-0.05, 0) is 37.1 Å². The number of ether oxygens (including phenoxy) is 1. The molecule has 7 nitrogen and oxygen atoms in total. The van der Waals surface area contributed by atoms with E-state index in [4.69, 9.17) is 9.15 Å². The highest BCUT2D eigenvalue weighted by Gasteiger charge is 2.29. The molecule has 2 heterocycles. The molecule has 144 valence electrons. The Morgan fingerprint density at radius 1 is 1.14 bits per heavy atom. The van der Waals surface area contributed by atoms with E-state index in [1.54, 1.807) is 36.1 Å². The van der Waals surface area contributed by atoms with Crippen molar-refractivity contribution in [3.05, 3.63) is 64.6 Å². The van der Waals surface area contributed by atoms with Crippen molar-refractivity contribution in [3.8, 4) is 0 Å². The molecule has 1 atom stereocenters. The maximum Gasteiger partial charge on any atom is 0.419 e. The van der Waals surface area contributed by atoms with Crippen LogP contribution in [-0.2, 0) is 27.3 Å². The molecule has 28 heavy (non-hydrogen) atoms. The normalized spacial score (nSPS) is 14.1. The van der Waals surface area contributed by atoms with Gasteiger partial charge in [-0.25, -0.2) is 4.79 Å². The lowest BCUT2D eigenvalue weighted by atomic mass is 10.2. The second kappa shape index (κ2) is 7.34. The minimum Gasteiger partial charge on any atom is -0.452 e. The summed E-state index contributed by atoms with van der Waals surface area (Å²) in [6.45, 7) is 2.28. The van der Waals surface area contributed by atoms with Gasteiger partial charge in [-0.1, -0.05) is 30.3 Å². The summed E-state index contributed by atoms with van der Waals surface area (Å²) in [5.74, 6) is -1.30. The van der Waals surface area contributed by atoms with Crippen LogP contribution in [0.25, 0.3) is 11.1 Å². The number of amides is 1. The quantitative estimate of drug-likeness (QED) is 0.635. The third-order valence-corrected chi connectivity index (χ3v) is 4.92. The van der Waals surface area contributed by atoms with E-state index in [1.165, 1.54) is 4.57 Å². The van der Waals surface area contributed by atoms with E-state index in [2.05, 4.69) is 0 Å². The molecule has 1 aliphatic heterocycles. The van der Waals surface area contributed by atoms with E-state index in [1.807, 2.05) is 24.3 Å². The van der Waals surface area contributed by atoms with Crippen LogP contribution in [0.1, 0.15) is 18.9 Å². The fourth-order valence-corrected chi connectivity index (χ4v) is 3.52. The number of carbonyl (C=O) groups is 2. The zero-order chi connectivity index (χ0) is 19.7. The Balaban J connectivity index is 1.38. The van der Waals surface area contributed by atoms with Crippen LogP contribution in [0.5, 0.6) is 0 Å². The highest BCUT2D eigenvalue weighted by molar-refractivity contribution is 5.99. The van der Waals surface area contributed by atoms with E-state index in [-0.39, 0.29) is 18.9 Å². The third kappa shape index (κ3) is 3.31. The van der Waals surface area contributed by atoms with Gasteiger partial charge in [0, 0.05) is 18.8 Å². The van der Waals surface area contributed by atoms with Crippen molar-refractivity contribution in [1.82, 2.24) is 4.57 Å². The SMILES string of the molecule is C[C@H](OC(=O)CCn1c(=O)oc2ccccc21)C(=O)N1CCc2ccccc21. The third-order valence-electron chi connectivity index (χ3n) is 4.92. The van der Waals surface area contributed by atoms with Crippen molar-refractivity contribution in [2.45, 2.75) is 32.4 Å². The maximum atomic E-state index is 12.7. The molecule has 0 saturated carbocycles. The summed E-state index contributed by atoms with van der Waals surface area (Å²) in [4.78, 5) is 38.5. The van der Waals surface area contributed by atoms with Gasteiger partial charge in [-0.3, -0.25) is 14.2 Å². The van der Waals surface area contributed by atoms with Gasteiger partial charge in [0.25, 0.3) is 5.91 Å². The number of hydrogen-bond donors (Lipinski definition) is 0. The largest absolute Gasteiger partial charge is 0.452 e. The van der Waals surface area contributed by atoms with Gasteiger partial charge in [0.1, 0.15) is 0 Å². The van der Waals surface area contributed by atoms with Gasteiger partial charge < -0.3 is 14.1 Å². The number of rotatable bonds is 5. The molecule has 0 unspecified atom stereocenters. The Morgan fingerprint density at radius 3 is 2.75 bits per heavy atom. The van der Waals surface area contributed by atoms with Crippen LogP contribution in [-0.4, -0.2) is 29.1 Å². The molecule has 0 fully saturated rings. The maximum absolute atomic E-state index is 12.7. The first-order valence-corrected chi connectivity index (χ1v) is 9.22. The Kier molecular flexibility index (Phi) is 4.73. The van der Waals surface area contributed by atoms with Gasteiger partial charge in [0.15, 0.2) is 11.7 Å². The number of esters is 1. The molecule has 0 bridgehead atoms. The molecule has 0 saturated heterocycles. The van der Waals surface area contributed by atoms with E-state index in [9.17, 15) is 14.4 Å². The molecule has 3 aromatic rings. The minimum absolute atomic E-state index is 0.0301.